The van der Waals surface area contributed by atoms with Gasteiger partial charge in [-0.15, -0.1) is 11.8 Å². The SMILES string of the molecule is CS(=O)(=O)N[C@H](CCC1CCNCC1)C(=O)N1C[C@H](OCc2ccc(S(C)(=O)=O)cc2)C[C@H]1C(=O)NCC1CC=C(C(=N)N)S1. The van der Waals surface area contributed by atoms with Crippen LogP contribution in [0.3, 0.4) is 0 Å². The van der Waals surface area contributed by atoms with Gasteiger partial charge >= 0.3 is 0 Å². The summed E-state index contributed by atoms with van der Waals surface area (Å²) in [5.41, 5.74) is 6.33. The summed E-state index contributed by atoms with van der Waals surface area (Å²) >= 11 is 1.42. The fourth-order valence-corrected chi connectivity index (χ4v) is 8.27. The van der Waals surface area contributed by atoms with Crippen molar-refractivity contribution >= 4 is 49.3 Å². The molecule has 2 amide bonds. The highest BCUT2D eigenvalue weighted by molar-refractivity contribution is 8.04. The molecule has 0 aromatic heterocycles. The lowest BCUT2D eigenvalue weighted by Gasteiger charge is -2.30. The molecule has 4 rings (SSSR count). The van der Waals surface area contributed by atoms with Crippen LogP contribution in [0.25, 0.3) is 0 Å². The van der Waals surface area contributed by atoms with Gasteiger partial charge in [-0.05, 0) is 68.8 Å². The highest BCUT2D eigenvalue weighted by Crippen LogP contribution is 2.32. The fraction of sp³-hybridized carbons (Fsp3) is 0.621. The summed E-state index contributed by atoms with van der Waals surface area (Å²) < 4.78 is 56.8. The van der Waals surface area contributed by atoms with E-state index in [9.17, 15) is 26.4 Å². The van der Waals surface area contributed by atoms with E-state index in [2.05, 4.69) is 15.4 Å². The van der Waals surface area contributed by atoms with Gasteiger partial charge in [0, 0.05) is 35.9 Å². The minimum atomic E-state index is -3.72. The minimum Gasteiger partial charge on any atom is -0.383 e. The second kappa shape index (κ2) is 15.4. The zero-order valence-corrected chi connectivity index (χ0v) is 28.1. The molecule has 2 saturated heterocycles. The summed E-state index contributed by atoms with van der Waals surface area (Å²) in [4.78, 5) is 29.8. The van der Waals surface area contributed by atoms with Crippen LogP contribution in [-0.4, -0.2) is 102 Å². The molecule has 0 bridgehead atoms. The third kappa shape index (κ3) is 10.5. The molecular formula is C29H44N6O7S3. The zero-order valence-electron chi connectivity index (χ0n) is 25.7. The van der Waals surface area contributed by atoms with Gasteiger partial charge in [0.25, 0.3) is 0 Å². The van der Waals surface area contributed by atoms with Crippen molar-refractivity contribution in [1.29, 1.82) is 5.41 Å². The van der Waals surface area contributed by atoms with Gasteiger partial charge in [0.05, 0.1) is 23.9 Å². The predicted molar refractivity (Wildman–Crippen MR) is 174 cm³/mol. The maximum absolute atomic E-state index is 14.0. The van der Waals surface area contributed by atoms with Gasteiger partial charge in [-0.25, -0.2) is 21.6 Å². The summed E-state index contributed by atoms with van der Waals surface area (Å²) in [6.45, 7) is 2.33. The number of amides is 2. The molecule has 6 N–H and O–H groups in total. The van der Waals surface area contributed by atoms with Crippen molar-refractivity contribution in [2.24, 2.45) is 11.7 Å². The average Bonchev–Trinajstić information content (AvgIpc) is 3.64. The Labute approximate surface area is 269 Å². The Morgan fingerprint density at radius 1 is 1.16 bits per heavy atom. The summed E-state index contributed by atoms with van der Waals surface area (Å²) in [6, 6.07) is 4.45. The number of nitrogens with two attached hydrogens (primary N) is 1. The molecule has 3 aliphatic heterocycles. The van der Waals surface area contributed by atoms with E-state index in [0.717, 1.165) is 44.0 Å². The molecule has 0 spiro atoms. The van der Waals surface area contributed by atoms with Gasteiger partial charge in [0.1, 0.15) is 17.9 Å². The third-order valence-corrected chi connectivity index (χ3v) is 11.5. The first-order valence-corrected chi connectivity index (χ1v) is 19.7. The predicted octanol–water partition coefficient (Wildman–Crippen LogP) is 0.715. The van der Waals surface area contributed by atoms with Crippen molar-refractivity contribution in [3.8, 4) is 0 Å². The van der Waals surface area contributed by atoms with Crippen LogP contribution in [0.1, 0.15) is 44.1 Å². The van der Waals surface area contributed by atoms with E-state index in [-0.39, 0.29) is 41.5 Å². The van der Waals surface area contributed by atoms with Crippen LogP contribution < -0.4 is 21.1 Å². The Balaban J connectivity index is 1.46. The van der Waals surface area contributed by atoms with Gasteiger partial charge in [-0.1, -0.05) is 18.2 Å². The lowest BCUT2D eigenvalue weighted by Crippen LogP contribution is -2.54. The standard InChI is InChI=1S/C29H44N6O7S3/c1-44(38,39)23-7-3-20(4-8-23)18-42-21-15-25(28(36)33-16-22-6-10-26(43-22)27(30)31)35(17-21)29(37)24(34-45(2,40)41)9-5-19-11-13-32-14-12-19/h3-4,7-8,10,19,21-22,24-25,32,34H,5-6,9,11-18H2,1-2H3,(H3,30,31)(H,33,36)/t21-,22?,24-,25+/m1/s1. The maximum Gasteiger partial charge on any atom is 0.242 e. The molecule has 0 radical (unpaired) electrons. The van der Waals surface area contributed by atoms with Crippen LogP contribution in [-0.2, 0) is 40.8 Å². The number of hydrogen-bond acceptors (Lipinski definition) is 10. The molecule has 13 nitrogen and oxygen atoms in total. The van der Waals surface area contributed by atoms with E-state index < -0.39 is 44.0 Å². The molecule has 4 atom stereocenters. The topological polar surface area (TPSA) is 201 Å². The molecule has 2 fully saturated rings. The van der Waals surface area contributed by atoms with Crippen molar-refractivity contribution in [3.05, 3.63) is 40.8 Å². The number of nitrogens with one attached hydrogen (secondary N) is 4. The smallest absolute Gasteiger partial charge is 0.242 e. The fourth-order valence-electron chi connectivity index (χ4n) is 5.87. The van der Waals surface area contributed by atoms with E-state index in [1.165, 1.54) is 28.8 Å². The summed E-state index contributed by atoms with van der Waals surface area (Å²) in [5.74, 6) is -0.460. The molecule has 1 aromatic carbocycles. The highest BCUT2D eigenvalue weighted by atomic mass is 32.2. The first-order chi connectivity index (χ1) is 21.2. The number of likely N-dealkylation sites (tertiary alicyclic amines) is 1. The Hall–Kier alpha value is -2.50. The molecule has 45 heavy (non-hydrogen) atoms. The summed E-state index contributed by atoms with van der Waals surface area (Å²) in [6.07, 6.45) is 7.29. The molecular weight excluding hydrogens is 641 g/mol. The van der Waals surface area contributed by atoms with Crippen molar-refractivity contribution in [1.82, 2.24) is 20.3 Å². The molecule has 250 valence electrons. The molecule has 16 heteroatoms. The number of carbonyl (C=O) groups excluding carboxylic acids is 2. The number of sulfone groups is 1. The first kappa shape index (κ1) is 35.4. The van der Waals surface area contributed by atoms with Crippen molar-refractivity contribution in [3.63, 3.8) is 0 Å². The van der Waals surface area contributed by atoms with E-state index in [4.69, 9.17) is 15.9 Å². The molecule has 1 unspecified atom stereocenters. The number of sulfonamides is 1. The Kier molecular flexibility index (Phi) is 12.1. The van der Waals surface area contributed by atoms with E-state index in [1.807, 2.05) is 6.08 Å². The Morgan fingerprint density at radius 2 is 1.84 bits per heavy atom. The second-order valence-corrected chi connectivity index (χ2v) is 17.1. The van der Waals surface area contributed by atoms with Crippen LogP contribution >= 0.6 is 11.8 Å². The van der Waals surface area contributed by atoms with E-state index in [1.54, 1.807) is 12.1 Å². The number of allylic oxidation sites excluding steroid dienone is 1. The normalized spacial score (nSPS) is 23.5. The first-order valence-electron chi connectivity index (χ1n) is 15.1. The number of ether oxygens (including phenoxy) is 1. The summed E-state index contributed by atoms with van der Waals surface area (Å²) in [5, 5.41) is 13.9. The number of thioether (sulfide) groups is 1. The monoisotopic (exact) mass is 684 g/mol. The van der Waals surface area contributed by atoms with E-state index >= 15 is 0 Å². The second-order valence-electron chi connectivity index (χ2n) is 12.0. The zero-order chi connectivity index (χ0) is 32.8. The number of benzene rings is 1. The molecule has 0 saturated carbocycles. The number of piperidine rings is 1. The average molecular weight is 685 g/mol. The molecule has 3 aliphatic rings. The van der Waals surface area contributed by atoms with Crippen LogP contribution in [0.4, 0.5) is 0 Å². The van der Waals surface area contributed by atoms with Gasteiger partial charge < -0.3 is 26.0 Å². The number of amidine groups is 1. The lowest BCUT2D eigenvalue weighted by molar-refractivity contribution is -0.140. The highest BCUT2D eigenvalue weighted by Gasteiger charge is 2.43. The lowest BCUT2D eigenvalue weighted by atomic mass is 9.91. The number of nitrogens with zero attached hydrogens (tertiary/aromatic N) is 1. The van der Waals surface area contributed by atoms with Crippen molar-refractivity contribution in [2.75, 3.05) is 38.7 Å². The van der Waals surface area contributed by atoms with Crippen LogP contribution in [0.15, 0.2) is 40.1 Å². The third-order valence-electron chi connectivity index (χ3n) is 8.29. The molecule has 3 heterocycles. The maximum atomic E-state index is 14.0. The largest absolute Gasteiger partial charge is 0.383 e. The number of rotatable bonds is 14. The van der Waals surface area contributed by atoms with Crippen molar-refractivity contribution in [2.45, 2.75) is 73.5 Å². The number of hydrogen-bond donors (Lipinski definition) is 5. The van der Waals surface area contributed by atoms with Crippen molar-refractivity contribution < 1.29 is 31.2 Å². The Bertz CT molecular complexity index is 1480. The van der Waals surface area contributed by atoms with Gasteiger partial charge in [-0.3, -0.25) is 15.0 Å². The summed E-state index contributed by atoms with van der Waals surface area (Å²) in [7, 11) is -7.06. The minimum absolute atomic E-state index is 0.00462. The molecule has 0 aliphatic carbocycles. The van der Waals surface area contributed by atoms with Gasteiger partial charge in [0.2, 0.25) is 21.8 Å². The Morgan fingerprint density at radius 3 is 2.44 bits per heavy atom. The van der Waals surface area contributed by atoms with E-state index in [0.29, 0.717) is 36.6 Å². The van der Waals surface area contributed by atoms with Crippen LogP contribution in [0.5, 0.6) is 0 Å². The van der Waals surface area contributed by atoms with Crippen LogP contribution in [0.2, 0.25) is 0 Å². The molecule has 1 aromatic rings. The van der Waals surface area contributed by atoms with Gasteiger partial charge in [0.15, 0.2) is 9.84 Å². The number of carbonyl (C=O) groups is 2. The van der Waals surface area contributed by atoms with Crippen LogP contribution in [0, 0.1) is 11.3 Å². The van der Waals surface area contributed by atoms with Gasteiger partial charge in [-0.2, -0.15) is 0 Å². The quantitative estimate of drug-likeness (QED) is 0.137.